The van der Waals surface area contributed by atoms with Crippen molar-refractivity contribution in [2.75, 3.05) is 6.54 Å². The fourth-order valence-corrected chi connectivity index (χ4v) is 1.19. The minimum atomic E-state index is -0.754. The molecule has 0 saturated heterocycles. The maximum atomic E-state index is 13.0. The molecule has 0 heterocycles. The second kappa shape index (κ2) is 4.58. The summed E-state index contributed by atoms with van der Waals surface area (Å²) in [6.07, 6.45) is 1.34. The lowest BCUT2D eigenvalue weighted by molar-refractivity contribution is 0.430. The Morgan fingerprint density at radius 1 is 1.50 bits per heavy atom. The van der Waals surface area contributed by atoms with E-state index < -0.39 is 11.6 Å². The van der Waals surface area contributed by atoms with E-state index >= 15 is 0 Å². The Hall–Kier alpha value is -1.60. The first-order valence-corrected chi connectivity index (χ1v) is 4.30. The topological polar surface area (TPSA) is 70.0 Å². The molecule has 14 heavy (non-hydrogen) atoms. The highest BCUT2D eigenvalue weighted by atomic mass is 19.1. The van der Waals surface area contributed by atoms with Crippen LogP contribution in [0.5, 0.6) is 5.75 Å². The molecule has 0 unspecified atom stereocenters. The molecule has 0 aromatic heterocycles. The molecule has 0 amide bonds. The molecule has 74 valence electrons. The zero-order valence-corrected chi connectivity index (χ0v) is 7.63. The van der Waals surface area contributed by atoms with Crippen molar-refractivity contribution in [3.05, 3.63) is 29.1 Å². The largest absolute Gasteiger partial charge is 0.504 e. The van der Waals surface area contributed by atoms with Gasteiger partial charge in [0.05, 0.1) is 5.56 Å². The number of nitrogens with zero attached hydrogens (tertiary/aromatic N) is 1. The Morgan fingerprint density at radius 2 is 2.21 bits per heavy atom. The minimum absolute atomic E-state index is 0.0305. The van der Waals surface area contributed by atoms with E-state index in [-0.39, 0.29) is 5.56 Å². The third kappa shape index (κ3) is 2.21. The predicted molar refractivity (Wildman–Crippen MR) is 50.2 cm³/mol. The van der Waals surface area contributed by atoms with Gasteiger partial charge in [0.1, 0.15) is 6.07 Å². The van der Waals surface area contributed by atoms with Gasteiger partial charge in [-0.25, -0.2) is 4.39 Å². The number of aromatic hydroxyl groups is 1. The number of phenols is 1. The lowest BCUT2D eigenvalue weighted by atomic mass is 10.1. The van der Waals surface area contributed by atoms with Crippen molar-refractivity contribution < 1.29 is 9.50 Å². The van der Waals surface area contributed by atoms with Gasteiger partial charge in [0.2, 0.25) is 0 Å². The van der Waals surface area contributed by atoms with Crippen molar-refractivity contribution in [2.45, 2.75) is 12.8 Å². The SMILES string of the molecule is N#Cc1cc(CCCN)cc(F)c1O. The number of benzene rings is 1. The van der Waals surface area contributed by atoms with E-state index in [9.17, 15) is 4.39 Å². The Kier molecular flexibility index (Phi) is 3.43. The summed E-state index contributed by atoms with van der Waals surface area (Å²) < 4.78 is 13.0. The molecule has 0 radical (unpaired) electrons. The molecule has 0 bridgehead atoms. The Labute approximate surface area is 81.6 Å². The highest BCUT2D eigenvalue weighted by Gasteiger charge is 2.08. The van der Waals surface area contributed by atoms with Crippen molar-refractivity contribution in [2.24, 2.45) is 5.73 Å². The van der Waals surface area contributed by atoms with Crippen LogP contribution < -0.4 is 5.73 Å². The number of nitriles is 1. The van der Waals surface area contributed by atoms with Crippen molar-refractivity contribution in [3.8, 4) is 11.8 Å². The molecule has 0 aliphatic carbocycles. The first kappa shape index (κ1) is 10.5. The van der Waals surface area contributed by atoms with Gasteiger partial charge in [-0.15, -0.1) is 0 Å². The van der Waals surface area contributed by atoms with Crippen molar-refractivity contribution in [1.82, 2.24) is 0 Å². The normalized spacial score (nSPS) is 9.79. The average Bonchev–Trinajstić information content (AvgIpc) is 2.19. The average molecular weight is 194 g/mol. The van der Waals surface area contributed by atoms with Crippen LogP contribution in [0.1, 0.15) is 17.5 Å². The Bertz CT molecular complexity index is 371. The first-order chi connectivity index (χ1) is 6.69. The second-order valence-corrected chi connectivity index (χ2v) is 2.98. The number of hydrogen-bond donors (Lipinski definition) is 2. The van der Waals surface area contributed by atoms with Gasteiger partial charge in [-0.05, 0) is 37.1 Å². The van der Waals surface area contributed by atoms with E-state index in [0.29, 0.717) is 18.5 Å². The summed E-state index contributed by atoms with van der Waals surface area (Å²) in [6, 6.07) is 4.44. The van der Waals surface area contributed by atoms with Gasteiger partial charge >= 0.3 is 0 Å². The van der Waals surface area contributed by atoms with Crippen LogP contribution in [0.3, 0.4) is 0 Å². The van der Waals surface area contributed by atoms with E-state index in [1.165, 1.54) is 12.1 Å². The lowest BCUT2D eigenvalue weighted by Gasteiger charge is -2.03. The molecule has 3 N–H and O–H groups in total. The van der Waals surface area contributed by atoms with Crippen LogP contribution in [0.4, 0.5) is 4.39 Å². The van der Waals surface area contributed by atoms with Gasteiger partial charge in [-0.2, -0.15) is 5.26 Å². The highest BCUT2D eigenvalue weighted by Crippen LogP contribution is 2.22. The molecule has 3 nitrogen and oxygen atoms in total. The van der Waals surface area contributed by atoms with Crippen LogP contribution in [-0.4, -0.2) is 11.7 Å². The fraction of sp³-hybridized carbons (Fsp3) is 0.300. The van der Waals surface area contributed by atoms with Gasteiger partial charge in [-0.1, -0.05) is 0 Å². The van der Waals surface area contributed by atoms with Crippen LogP contribution in [0.15, 0.2) is 12.1 Å². The van der Waals surface area contributed by atoms with Crippen LogP contribution >= 0.6 is 0 Å². The number of rotatable bonds is 3. The lowest BCUT2D eigenvalue weighted by Crippen LogP contribution is -2.01. The number of phenolic OH excluding ortho intramolecular Hbond substituents is 1. The van der Waals surface area contributed by atoms with Crippen molar-refractivity contribution >= 4 is 0 Å². The third-order valence-corrected chi connectivity index (χ3v) is 1.91. The summed E-state index contributed by atoms with van der Waals surface area (Å²) in [5, 5.41) is 17.7. The zero-order chi connectivity index (χ0) is 10.6. The predicted octanol–water partition coefficient (Wildman–Crippen LogP) is 1.29. The highest BCUT2D eigenvalue weighted by molar-refractivity contribution is 5.45. The van der Waals surface area contributed by atoms with Gasteiger partial charge < -0.3 is 10.8 Å². The van der Waals surface area contributed by atoms with E-state index in [1.54, 1.807) is 6.07 Å². The van der Waals surface area contributed by atoms with Gasteiger partial charge in [0.25, 0.3) is 0 Å². The molecular formula is C10H11FN2O. The number of hydrogen-bond acceptors (Lipinski definition) is 3. The summed E-state index contributed by atoms with van der Waals surface area (Å²) in [4.78, 5) is 0. The van der Waals surface area contributed by atoms with Crippen LogP contribution in [0.2, 0.25) is 0 Å². The number of nitrogens with two attached hydrogens (primary N) is 1. The molecule has 1 rings (SSSR count). The van der Waals surface area contributed by atoms with Crippen LogP contribution in [0.25, 0.3) is 0 Å². The maximum Gasteiger partial charge on any atom is 0.169 e. The molecule has 0 spiro atoms. The van der Waals surface area contributed by atoms with E-state index in [1.807, 2.05) is 0 Å². The number of halogens is 1. The van der Waals surface area contributed by atoms with E-state index in [2.05, 4.69) is 0 Å². The van der Waals surface area contributed by atoms with Crippen LogP contribution in [0, 0.1) is 17.1 Å². The molecular weight excluding hydrogens is 183 g/mol. The van der Waals surface area contributed by atoms with Gasteiger partial charge in [0, 0.05) is 0 Å². The summed E-state index contributed by atoms with van der Waals surface area (Å²) in [5.74, 6) is -1.33. The van der Waals surface area contributed by atoms with Crippen molar-refractivity contribution in [1.29, 1.82) is 5.26 Å². The fourth-order valence-electron chi connectivity index (χ4n) is 1.19. The Balaban J connectivity index is 2.99. The molecule has 0 aliphatic rings. The molecule has 0 saturated carbocycles. The quantitative estimate of drug-likeness (QED) is 0.761. The zero-order valence-electron chi connectivity index (χ0n) is 7.63. The third-order valence-electron chi connectivity index (χ3n) is 1.91. The molecule has 0 atom stereocenters. The molecule has 1 aromatic carbocycles. The molecule has 1 aromatic rings. The second-order valence-electron chi connectivity index (χ2n) is 2.98. The number of aryl methyl sites for hydroxylation is 1. The van der Waals surface area contributed by atoms with Gasteiger partial charge in [-0.3, -0.25) is 0 Å². The molecule has 0 aliphatic heterocycles. The van der Waals surface area contributed by atoms with Crippen molar-refractivity contribution in [3.63, 3.8) is 0 Å². The molecule has 4 heteroatoms. The van der Waals surface area contributed by atoms with Crippen LogP contribution in [-0.2, 0) is 6.42 Å². The monoisotopic (exact) mass is 194 g/mol. The summed E-state index contributed by atoms with van der Waals surface area (Å²) >= 11 is 0. The standard InChI is InChI=1S/C10H11FN2O/c11-9-5-7(2-1-3-12)4-8(6-13)10(9)14/h4-5,14H,1-3,12H2. The summed E-state index contributed by atoms with van der Waals surface area (Å²) in [7, 11) is 0. The van der Waals surface area contributed by atoms with E-state index in [0.717, 1.165) is 6.42 Å². The first-order valence-electron chi connectivity index (χ1n) is 4.30. The maximum absolute atomic E-state index is 13.0. The van der Waals surface area contributed by atoms with E-state index in [4.69, 9.17) is 16.1 Å². The van der Waals surface area contributed by atoms with Gasteiger partial charge in [0.15, 0.2) is 11.6 Å². The summed E-state index contributed by atoms with van der Waals surface area (Å²) in [6.45, 7) is 0.518. The Morgan fingerprint density at radius 3 is 2.79 bits per heavy atom. The minimum Gasteiger partial charge on any atom is -0.504 e. The summed E-state index contributed by atoms with van der Waals surface area (Å²) in [5.41, 5.74) is 5.96. The smallest absolute Gasteiger partial charge is 0.169 e. The molecule has 0 fully saturated rings.